The van der Waals surface area contributed by atoms with E-state index in [9.17, 15) is 9.90 Å². The van der Waals surface area contributed by atoms with E-state index in [1.807, 2.05) is 0 Å². The molecule has 17 heavy (non-hydrogen) atoms. The Morgan fingerprint density at radius 3 is 2.59 bits per heavy atom. The summed E-state index contributed by atoms with van der Waals surface area (Å²) < 4.78 is 4.71. The van der Waals surface area contributed by atoms with Crippen LogP contribution < -0.4 is 5.32 Å². The van der Waals surface area contributed by atoms with Crippen LogP contribution in [0.25, 0.3) is 0 Å². The highest BCUT2D eigenvalue weighted by Crippen LogP contribution is 2.21. The first-order chi connectivity index (χ1) is 7.95. The first-order valence-electron chi connectivity index (χ1n) is 5.35. The molecule has 0 saturated heterocycles. The van der Waals surface area contributed by atoms with Gasteiger partial charge in [-0.05, 0) is 31.5 Å². The maximum absolute atomic E-state index is 11.1. The van der Waals surface area contributed by atoms with Gasteiger partial charge in [-0.2, -0.15) is 0 Å². The van der Waals surface area contributed by atoms with E-state index in [1.54, 1.807) is 38.1 Å². The Kier molecular flexibility index (Phi) is 4.78. The minimum atomic E-state index is -1.16. The maximum atomic E-state index is 11.1. The Morgan fingerprint density at radius 1 is 1.47 bits per heavy atom. The largest absolute Gasteiger partial charge is 0.450 e. The van der Waals surface area contributed by atoms with E-state index in [0.717, 1.165) is 0 Å². The molecule has 0 aliphatic heterocycles. The van der Waals surface area contributed by atoms with Crippen LogP contribution in [0.15, 0.2) is 24.3 Å². The van der Waals surface area contributed by atoms with Gasteiger partial charge >= 0.3 is 6.09 Å². The fourth-order valence-corrected chi connectivity index (χ4v) is 1.46. The third-order valence-corrected chi connectivity index (χ3v) is 2.57. The Hall–Kier alpha value is -1.26. The molecule has 0 bridgehead atoms. The number of nitrogens with one attached hydrogen (secondary N) is 1. The molecule has 0 radical (unpaired) electrons. The zero-order valence-electron chi connectivity index (χ0n) is 9.87. The third-order valence-electron chi connectivity index (χ3n) is 2.32. The molecule has 0 spiro atoms. The third kappa shape index (κ3) is 4.24. The molecule has 4 nitrogen and oxygen atoms in total. The lowest BCUT2D eigenvalue weighted by molar-refractivity contribution is 0.0540. The second kappa shape index (κ2) is 5.89. The average molecular weight is 258 g/mol. The van der Waals surface area contributed by atoms with E-state index in [2.05, 4.69) is 5.32 Å². The van der Waals surface area contributed by atoms with Crippen molar-refractivity contribution in [1.29, 1.82) is 0 Å². The van der Waals surface area contributed by atoms with Gasteiger partial charge in [0.1, 0.15) is 5.60 Å². The van der Waals surface area contributed by atoms with Crippen molar-refractivity contribution in [3.8, 4) is 0 Å². The Bertz CT molecular complexity index is 376. The molecule has 1 aromatic carbocycles. The van der Waals surface area contributed by atoms with Crippen molar-refractivity contribution in [2.75, 3.05) is 13.2 Å². The predicted molar refractivity (Wildman–Crippen MR) is 66.0 cm³/mol. The number of benzene rings is 1. The topological polar surface area (TPSA) is 58.6 Å². The number of halogens is 1. The first-order valence-corrected chi connectivity index (χ1v) is 5.72. The van der Waals surface area contributed by atoms with Gasteiger partial charge in [0.05, 0.1) is 13.2 Å². The normalized spacial score (nSPS) is 13.9. The van der Waals surface area contributed by atoms with Crippen LogP contribution >= 0.6 is 11.6 Å². The summed E-state index contributed by atoms with van der Waals surface area (Å²) in [6.45, 7) is 3.71. The summed E-state index contributed by atoms with van der Waals surface area (Å²) in [5.74, 6) is 0. The number of amides is 1. The highest BCUT2D eigenvalue weighted by Gasteiger charge is 2.23. The zero-order chi connectivity index (χ0) is 12.9. The van der Waals surface area contributed by atoms with Gasteiger partial charge in [0.2, 0.25) is 0 Å². The smallest absolute Gasteiger partial charge is 0.407 e. The van der Waals surface area contributed by atoms with Crippen molar-refractivity contribution in [2.24, 2.45) is 0 Å². The van der Waals surface area contributed by atoms with Crippen molar-refractivity contribution in [2.45, 2.75) is 19.4 Å². The zero-order valence-corrected chi connectivity index (χ0v) is 10.6. The van der Waals surface area contributed by atoms with Crippen LogP contribution in [0, 0.1) is 0 Å². The van der Waals surface area contributed by atoms with E-state index >= 15 is 0 Å². The number of aliphatic hydroxyl groups is 1. The first kappa shape index (κ1) is 13.8. The lowest BCUT2D eigenvalue weighted by Gasteiger charge is -2.24. The Balaban J connectivity index is 2.61. The number of carbonyl (C=O) groups excluding carboxylic acids is 1. The van der Waals surface area contributed by atoms with Gasteiger partial charge in [-0.3, -0.25) is 0 Å². The lowest BCUT2D eigenvalue weighted by Crippen LogP contribution is -2.38. The van der Waals surface area contributed by atoms with E-state index in [-0.39, 0.29) is 6.54 Å². The van der Waals surface area contributed by atoms with Gasteiger partial charge in [0, 0.05) is 5.02 Å². The summed E-state index contributed by atoms with van der Waals surface area (Å²) in [7, 11) is 0. The fourth-order valence-electron chi connectivity index (χ4n) is 1.34. The van der Waals surface area contributed by atoms with Gasteiger partial charge < -0.3 is 15.2 Å². The number of alkyl carbamates (subject to hydrolysis) is 1. The van der Waals surface area contributed by atoms with E-state index in [1.165, 1.54) is 0 Å². The van der Waals surface area contributed by atoms with Gasteiger partial charge in [-0.25, -0.2) is 4.79 Å². The summed E-state index contributed by atoms with van der Waals surface area (Å²) in [4.78, 5) is 11.1. The van der Waals surface area contributed by atoms with E-state index in [0.29, 0.717) is 17.2 Å². The van der Waals surface area contributed by atoms with Crippen LogP contribution in [-0.4, -0.2) is 24.4 Å². The lowest BCUT2D eigenvalue weighted by atomic mass is 9.96. The van der Waals surface area contributed by atoms with Crippen LogP contribution in [0.5, 0.6) is 0 Å². The van der Waals surface area contributed by atoms with Crippen molar-refractivity contribution in [1.82, 2.24) is 5.32 Å². The van der Waals surface area contributed by atoms with Crippen LogP contribution in [0.1, 0.15) is 19.4 Å². The molecule has 0 fully saturated rings. The molecule has 0 aromatic heterocycles. The summed E-state index contributed by atoms with van der Waals surface area (Å²) in [6.07, 6.45) is -0.540. The van der Waals surface area contributed by atoms with Crippen molar-refractivity contribution < 1.29 is 14.6 Å². The van der Waals surface area contributed by atoms with Gasteiger partial charge in [-0.1, -0.05) is 23.7 Å². The summed E-state index contributed by atoms with van der Waals surface area (Å²) in [6, 6.07) is 6.82. The van der Waals surface area contributed by atoms with Gasteiger partial charge in [-0.15, -0.1) is 0 Å². The van der Waals surface area contributed by atoms with Crippen LogP contribution in [0.3, 0.4) is 0 Å². The summed E-state index contributed by atoms with van der Waals surface area (Å²) in [5, 5.41) is 13.3. The average Bonchev–Trinajstić information content (AvgIpc) is 2.28. The highest BCUT2D eigenvalue weighted by atomic mass is 35.5. The van der Waals surface area contributed by atoms with Crippen molar-refractivity contribution >= 4 is 17.7 Å². The highest BCUT2D eigenvalue weighted by molar-refractivity contribution is 6.30. The van der Waals surface area contributed by atoms with Crippen molar-refractivity contribution in [3.05, 3.63) is 34.9 Å². The SMILES string of the molecule is CCOC(=O)NCC(C)(O)c1ccc(Cl)cc1. The molecular weight excluding hydrogens is 242 g/mol. The summed E-state index contributed by atoms with van der Waals surface area (Å²) in [5.41, 5.74) is -0.476. The molecule has 0 heterocycles. The molecule has 94 valence electrons. The molecule has 1 aromatic rings. The molecular formula is C12H16ClNO3. The Labute approximate surface area is 106 Å². The number of carbonyl (C=O) groups is 1. The molecule has 0 saturated carbocycles. The van der Waals surface area contributed by atoms with Gasteiger partial charge in [0.15, 0.2) is 0 Å². The van der Waals surface area contributed by atoms with Crippen LogP contribution in [-0.2, 0) is 10.3 Å². The molecule has 1 amide bonds. The van der Waals surface area contributed by atoms with Crippen LogP contribution in [0.2, 0.25) is 5.02 Å². The van der Waals surface area contributed by atoms with Gasteiger partial charge in [0.25, 0.3) is 0 Å². The molecule has 1 atom stereocenters. The second-order valence-electron chi connectivity index (χ2n) is 3.85. The number of rotatable bonds is 4. The fraction of sp³-hybridized carbons (Fsp3) is 0.417. The predicted octanol–water partition coefficient (Wildman–Crippen LogP) is 2.29. The van der Waals surface area contributed by atoms with Crippen LogP contribution in [0.4, 0.5) is 4.79 Å². The monoisotopic (exact) mass is 257 g/mol. The maximum Gasteiger partial charge on any atom is 0.407 e. The number of hydrogen-bond donors (Lipinski definition) is 2. The summed E-state index contributed by atoms with van der Waals surface area (Å²) >= 11 is 5.76. The minimum Gasteiger partial charge on any atom is -0.450 e. The molecule has 0 aliphatic rings. The minimum absolute atomic E-state index is 0.0769. The molecule has 0 aliphatic carbocycles. The molecule has 5 heteroatoms. The number of hydrogen-bond acceptors (Lipinski definition) is 3. The molecule has 1 unspecified atom stereocenters. The van der Waals surface area contributed by atoms with E-state index < -0.39 is 11.7 Å². The second-order valence-corrected chi connectivity index (χ2v) is 4.29. The van der Waals surface area contributed by atoms with E-state index in [4.69, 9.17) is 16.3 Å². The Morgan fingerprint density at radius 2 is 2.06 bits per heavy atom. The van der Waals surface area contributed by atoms with Crippen molar-refractivity contribution in [3.63, 3.8) is 0 Å². The number of ether oxygens (including phenoxy) is 1. The standard InChI is InChI=1S/C12H16ClNO3/c1-3-17-11(15)14-8-12(2,16)9-4-6-10(13)7-5-9/h4-7,16H,3,8H2,1-2H3,(H,14,15). The molecule has 1 rings (SSSR count). The molecule has 2 N–H and O–H groups in total. The quantitative estimate of drug-likeness (QED) is 0.870.